The number of likely N-dealkylation sites (tertiary alicyclic amines) is 1. The summed E-state index contributed by atoms with van der Waals surface area (Å²) in [7, 11) is 0. The number of halogens is 1. The zero-order chi connectivity index (χ0) is 11.9. The van der Waals surface area contributed by atoms with Crippen molar-refractivity contribution in [3.63, 3.8) is 0 Å². The molecule has 1 aliphatic heterocycles. The molecular formula is C11H16FN3O. The van der Waals surface area contributed by atoms with Gasteiger partial charge >= 0.3 is 0 Å². The molecule has 2 rings (SSSR count). The number of aromatic nitrogens is 2. The molecule has 1 fully saturated rings. The van der Waals surface area contributed by atoms with Crippen LogP contribution in [0.1, 0.15) is 36.8 Å². The third-order valence-electron chi connectivity index (χ3n) is 2.74. The molecule has 1 aliphatic rings. The molecule has 1 N–H and O–H groups in total. The number of nitrogens with one attached hydrogen (secondary N) is 1. The highest BCUT2D eigenvalue weighted by Gasteiger charge is 2.34. The topological polar surface area (TPSA) is 49.0 Å². The minimum atomic E-state index is -0.867. The van der Waals surface area contributed by atoms with Gasteiger partial charge in [-0.2, -0.15) is 5.10 Å². The van der Waals surface area contributed by atoms with Gasteiger partial charge in [-0.05, 0) is 0 Å². The molecule has 0 aliphatic carbocycles. The van der Waals surface area contributed by atoms with Crippen LogP contribution in [0.3, 0.4) is 0 Å². The fourth-order valence-electron chi connectivity index (χ4n) is 1.78. The van der Waals surface area contributed by atoms with Crippen LogP contribution in [0.15, 0.2) is 6.20 Å². The number of alkyl halides is 1. The van der Waals surface area contributed by atoms with E-state index in [-0.39, 0.29) is 24.4 Å². The zero-order valence-corrected chi connectivity index (χ0v) is 9.75. The predicted molar refractivity (Wildman–Crippen MR) is 58.1 cm³/mol. The second-order valence-electron chi connectivity index (χ2n) is 5.22. The summed E-state index contributed by atoms with van der Waals surface area (Å²) in [4.78, 5) is 13.5. The van der Waals surface area contributed by atoms with Gasteiger partial charge in [-0.3, -0.25) is 9.89 Å². The van der Waals surface area contributed by atoms with E-state index < -0.39 is 6.17 Å². The summed E-state index contributed by atoms with van der Waals surface area (Å²) < 4.78 is 12.7. The fraction of sp³-hybridized carbons (Fsp3) is 0.636. The zero-order valence-electron chi connectivity index (χ0n) is 9.75. The number of nitrogens with zero attached hydrogens (tertiary/aromatic N) is 2. The summed E-state index contributed by atoms with van der Waals surface area (Å²) in [6.45, 7) is 6.42. The molecule has 0 aromatic carbocycles. The number of hydrogen-bond acceptors (Lipinski definition) is 2. The number of hydrogen-bond donors (Lipinski definition) is 1. The minimum absolute atomic E-state index is 0.132. The van der Waals surface area contributed by atoms with Crippen molar-refractivity contribution in [1.82, 2.24) is 15.1 Å². The van der Waals surface area contributed by atoms with Crippen LogP contribution in [0.25, 0.3) is 0 Å². The van der Waals surface area contributed by atoms with Crippen LogP contribution in [0.5, 0.6) is 0 Å². The van der Waals surface area contributed by atoms with E-state index in [1.807, 2.05) is 20.8 Å². The number of amides is 1. The molecule has 88 valence electrons. The SMILES string of the molecule is CC(C)(C)c1[nH]ncc1C(=O)N1CC(F)C1. The van der Waals surface area contributed by atoms with Crippen LogP contribution in [-0.4, -0.2) is 40.3 Å². The number of H-pyrrole nitrogens is 1. The normalized spacial score (nSPS) is 17.4. The van der Waals surface area contributed by atoms with E-state index in [0.717, 1.165) is 5.69 Å². The fourth-order valence-corrected chi connectivity index (χ4v) is 1.78. The van der Waals surface area contributed by atoms with Gasteiger partial charge in [0.05, 0.1) is 30.5 Å². The van der Waals surface area contributed by atoms with Gasteiger partial charge < -0.3 is 4.90 Å². The lowest BCUT2D eigenvalue weighted by Crippen LogP contribution is -2.51. The highest BCUT2D eigenvalue weighted by atomic mass is 19.1. The Hall–Kier alpha value is -1.39. The Kier molecular flexibility index (Phi) is 2.48. The molecule has 5 heteroatoms. The van der Waals surface area contributed by atoms with Gasteiger partial charge in [0, 0.05) is 5.41 Å². The van der Waals surface area contributed by atoms with Crippen LogP contribution in [-0.2, 0) is 5.41 Å². The first kappa shape index (κ1) is 11.1. The molecule has 0 spiro atoms. The van der Waals surface area contributed by atoms with Crippen molar-refractivity contribution in [2.24, 2.45) is 0 Å². The summed E-state index contributed by atoms with van der Waals surface area (Å²) in [5, 5.41) is 6.75. The molecule has 2 heterocycles. The standard InChI is InChI=1S/C11H16FN3O/c1-11(2,3)9-8(4-13-14-9)10(16)15-5-7(12)6-15/h4,7H,5-6H2,1-3H3,(H,13,14). The second kappa shape index (κ2) is 3.57. The number of carbonyl (C=O) groups excluding carboxylic acids is 1. The van der Waals surface area contributed by atoms with Gasteiger partial charge in [-0.1, -0.05) is 20.8 Å². The first-order chi connectivity index (χ1) is 7.39. The van der Waals surface area contributed by atoms with E-state index in [4.69, 9.17) is 0 Å². The third-order valence-corrected chi connectivity index (χ3v) is 2.74. The Labute approximate surface area is 93.8 Å². The quantitative estimate of drug-likeness (QED) is 0.787. The van der Waals surface area contributed by atoms with E-state index in [9.17, 15) is 9.18 Å². The Morgan fingerprint density at radius 3 is 2.69 bits per heavy atom. The molecule has 16 heavy (non-hydrogen) atoms. The molecule has 0 radical (unpaired) electrons. The second-order valence-corrected chi connectivity index (χ2v) is 5.22. The van der Waals surface area contributed by atoms with Crippen LogP contribution < -0.4 is 0 Å². The summed E-state index contributed by atoms with van der Waals surface area (Å²) in [5.74, 6) is -0.132. The van der Waals surface area contributed by atoms with Crippen LogP contribution in [0, 0.1) is 0 Å². The third kappa shape index (κ3) is 1.81. The molecule has 0 saturated carbocycles. The van der Waals surface area contributed by atoms with Gasteiger partial charge in [-0.15, -0.1) is 0 Å². The Bertz CT molecular complexity index is 402. The van der Waals surface area contributed by atoms with E-state index in [0.29, 0.717) is 5.56 Å². The van der Waals surface area contributed by atoms with Crippen LogP contribution >= 0.6 is 0 Å². The monoisotopic (exact) mass is 225 g/mol. The molecule has 1 amide bonds. The lowest BCUT2D eigenvalue weighted by molar-refractivity contribution is 0.0398. The molecule has 1 aromatic heterocycles. The van der Waals surface area contributed by atoms with Crippen molar-refractivity contribution < 1.29 is 9.18 Å². The van der Waals surface area contributed by atoms with Gasteiger partial charge in [0.15, 0.2) is 0 Å². The van der Waals surface area contributed by atoms with E-state index >= 15 is 0 Å². The van der Waals surface area contributed by atoms with E-state index in [1.54, 1.807) is 0 Å². The summed E-state index contributed by atoms with van der Waals surface area (Å²) in [6, 6.07) is 0. The Morgan fingerprint density at radius 1 is 1.56 bits per heavy atom. The maximum Gasteiger partial charge on any atom is 0.257 e. The number of rotatable bonds is 1. The van der Waals surface area contributed by atoms with Crippen molar-refractivity contribution in [3.8, 4) is 0 Å². The highest BCUT2D eigenvalue weighted by Crippen LogP contribution is 2.25. The molecule has 1 saturated heterocycles. The largest absolute Gasteiger partial charge is 0.333 e. The van der Waals surface area contributed by atoms with Crippen molar-refractivity contribution in [2.45, 2.75) is 32.4 Å². The lowest BCUT2D eigenvalue weighted by Gasteiger charge is -2.34. The maximum atomic E-state index is 12.7. The summed E-state index contributed by atoms with van der Waals surface area (Å²) >= 11 is 0. The van der Waals surface area contributed by atoms with E-state index in [1.165, 1.54) is 11.1 Å². The Balaban J connectivity index is 2.21. The smallest absolute Gasteiger partial charge is 0.257 e. The minimum Gasteiger partial charge on any atom is -0.333 e. The molecular weight excluding hydrogens is 209 g/mol. The van der Waals surface area contributed by atoms with Crippen molar-refractivity contribution in [2.75, 3.05) is 13.1 Å². The molecule has 0 atom stereocenters. The molecule has 1 aromatic rings. The molecule has 0 unspecified atom stereocenters. The van der Waals surface area contributed by atoms with Crippen molar-refractivity contribution in [3.05, 3.63) is 17.5 Å². The highest BCUT2D eigenvalue weighted by molar-refractivity contribution is 5.96. The summed E-state index contributed by atoms with van der Waals surface area (Å²) in [6.07, 6.45) is 0.656. The predicted octanol–water partition coefficient (Wildman–Crippen LogP) is 1.50. The van der Waals surface area contributed by atoms with Crippen molar-refractivity contribution >= 4 is 5.91 Å². The summed E-state index contributed by atoms with van der Waals surface area (Å²) in [5.41, 5.74) is 1.20. The van der Waals surface area contributed by atoms with Crippen molar-refractivity contribution in [1.29, 1.82) is 0 Å². The number of carbonyl (C=O) groups is 1. The molecule has 0 bridgehead atoms. The van der Waals surface area contributed by atoms with Crippen LogP contribution in [0.2, 0.25) is 0 Å². The average Bonchev–Trinajstić information content (AvgIpc) is 2.59. The number of aromatic amines is 1. The lowest BCUT2D eigenvalue weighted by atomic mass is 9.89. The van der Waals surface area contributed by atoms with Gasteiger partial charge in [-0.25, -0.2) is 4.39 Å². The van der Waals surface area contributed by atoms with E-state index in [2.05, 4.69) is 10.2 Å². The van der Waals surface area contributed by atoms with Gasteiger partial charge in [0.2, 0.25) is 0 Å². The van der Waals surface area contributed by atoms with Gasteiger partial charge in [0.25, 0.3) is 5.91 Å². The molecule has 4 nitrogen and oxygen atoms in total. The first-order valence-corrected chi connectivity index (χ1v) is 5.37. The van der Waals surface area contributed by atoms with Crippen LogP contribution in [0.4, 0.5) is 4.39 Å². The maximum absolute atomic E-state index is 12.7. The van der Waals surface area contributed by atoms with Gasteiger partial charge in [0.1, 0.15) is 6.17 Å². The first-order valence-electron chi connectivity index (χ1n) is 5.37. The average molecular weight is 225 g/mol. The Morgan fingerprint density at radius 2 is 2.19 bits per heavy atom.